The minimum atomic E-state index is -1.06. The van der Waals surface area contributed by atoms with Crippen molar-refractivity contribution in [3.8, 4) is 11.3 Å². The number of aromatic nitrogens is 1. The Morgan fingerprint density at radius 2 is 2.00 bits per heavy atom. The molecule has 0 aliphatic heterocycles. The Kier molecular flexibility index (Phi) is 4.34. The minimum Gasteiger partial charge on any atom is -0.390 e. The average Bonchev–Trinajstić information content (AvgIpc) is 2.88. The molecule has 4 heteroatoms. The topological polar surface area (TPSA) is 53.4 Å². The van der Waals surface area contributed by atoms with Crippen molar-refractivity contribution in [2.24, 2.45) is 0 Å². The molecule has 1 aromatic carbocycles. The first-order valence-electron chi connectivity index (χ1n) is 6.43. The molecule has 0 aliphatic rings. The molecule has 0 saturated heterocycles. The summed E-state index contributed by atoms with van der Waals surface area (Å²) < 4.78 is 0. The van der Waals surface area contributed by atoms with E-state index in [1.165, 1.54) is 11.3 Å². The van der Waals surface area contributed by atoms with Gasteiger partial charge in [-0.1, -0.05) is 37.3 Å². The second-order valence-electron chi connectivity index (χ2n) is 4.92. The van der Waals surface area contributed by atoms with Crippen LogP contribution in [0.15, 0.2) is 35.7 Å². The number of rotatable bonds is 5. The Labute approximate surface area is 117 Å². The summed E-state index contributed by atoms with van der Waals surface area (Å²) in [6.07, 6.45) is 0.121. The number of aliphatic hydroxyl groups excluding tert-OH is 1. The van der Waals surface area contributed by atoms with Gasteiger partial charge in [-0.3, -0.25) is 0 Å². The second-order valence-corrected chi connectivity index (χ2v) is 5.87. The largest absolute Gasteiger partial charge is 0.390 e. The zero-order valence-corrected chi connectivity index (χ0v) is 12.0. The minimum absolute atomic E-state index is 0.387. The Hall–Kier alpha value is -1.23. The second kappa shape index (κ2) is 5.82. The standard InChI is InChI=1S/C15H19NO2S/c1-3-15(2,18)13(17)9-14-16-12(10-19-14)11-7-5-4-6-8-11/h4-8,10,13,17-18H,3,9H2,1-2H3. The van der Waals surface area contributed by atoms with Crippen molar-refractivity contribution in [2.75, 3.05) is 0 Å². The van der Waals surface area contributed by atoms with Crippen molar-refractivity contribution in [1.82, 2.24) is 4.98 Å². The van der Waals surface area contributed by atoms with Gasteiger partial charge in [0.05, 0.1) is 22.4 Å². The van der Waals surface area contributed by atoms with Gasteiger partial charge in [-0.05, 0) is 13.3 Å². The molecule has 0 aliphatic carbocycles. The molecule has 2 aromatic rings. The van der Waals surface area contributed by atoms with E-state index in [9.17, 15) is 10.2 Å². The van der Waals surface area contributed by atoms with Gasteiger partial charge in [-0.15, -0.1) is 11.3 Å². The molecule has 0 saturated carbocycles. The molecule has 2 unspecified atom stereocenters. The Morgan fingerprint density at radius 3 is 2.63 bits per heavy atom. The van der Waals surface area contributed by atoms with Gasteiger partial charge in [0.15, 0.2) is 0 Å². The molecule has 2 atom stereocenters. The third-order valence-corrected chi connectivity index (χ3v) is 4.29. The van der Waals surface area contributed by atoms with Gasteiger partial charge >= 0.3 is 0 Å². The van der Waals surface area contributed by atoms with E-state index in [0.717, 1.165) is 16.3 Å². The molecule has 102 valence electrons. The fourth-order valence-electron chi connectivity index (χ4n) is 1.77. The van der Waals surface area contributed by atoms with Crippen LogP contribution in [0.2, 0.25) is 0 Å². The molecule has 3 nitrogen and oxygen atoms in total. The first kappa shape index (κ1) is 14.2. The van der Waals surface area contributed by atoms with Crippen molar-refractivity contribution in [3.63, 3.8) is 0 Å². The highest BCUT2D eigenvalue weighted by Gasteiger charge is 2.29. The molecule has 1 heterocycles. The number of thiazole rings is 1. The molecular weight excluding hydrogens is 258 g/mol. The van der Waals surface area contributed by atoms with Crippen LogP contribution in [-0.2, 0) is 6.42 Å². The Morgan fingerprint density at radius 1 is 1.32 bits per heavy atom. The Bertz CT molecular complexity index is 522. The molecule has 0 radical (unpaired) electrons. The third kappa shape index (κ3) is 3.41. The molecule has 2 N–H and O–H groups in total. The lowest BCUT2D eigenvalue weighted by molar-refractivity contribution is -0.0629. The van der Waals surface area contributed by atoms with E-state index in [1.54, 1.807) is 6.92 Å². The summed E-state index contributed by atoms with van der Waals surface area (Å²) in [5.74, 6) is 0. The van der Waals surface area contributed by atoms with E-state index >= 15 is 0 Å². The summed E-state index contributed by atoms with van der Waals surface area (Å²) >= 11 is 1.52. The van der Waals surface area contributed by atoms with Crippen LogP contribution in [0.5, 0.6) is 0 Å². The molecule has 1 aromatic heterocycles. The molecule has 0 amide bonds. The molecule has 0 spiro atoms. The monoisotopic (exact) mass is 277 g/mol. The molecule has 19 heavy (non-hydrogen) atoms. The van der Waals surface area contributed by atoms with Crippen LogP contribution in [0.25, 0.3) is 11.3 Å². The third-order valence-electron chi connectivity index (χ3n) is 3.42. The summed E-state index contributed by atoms with van der Waals surface area (Å²) in [5, 5.41) is 22.9. The maximum atomic E-state index is 10.0. The fourth-order valence-corrected chi connectivity index (χ4v) is 2.61. The lowest BCUT2D eigenvalue weighted by Crippen LogP contribution is -2.39. The highest BCUT2D eigenvalue weighted by molar-refractivity contribution is 7.09. The molecule has 2 rings (SSSR count). The summed E-state index contributed by atoms with van der Waals surface area (Å²) in [6, 6.07) is 9.95. The van der Waals surface area contributed by atoms with E-state index in [-0.39, 0.29) is 0 Å². The van der Waals surface area contributed by atoms with Crippen LogP contribution in [0.4, 0.5) is 0 Å². The van der Waals surface area contributed by atoms with Crippen LogP contribution in [0, 0.1) is 0 Å². The van der Waals surface area contributed by atoms with E-state index < -0.39 is 11.7 Å². The fraction of sp³-hybridized carbons (Fsp3) is 0.400. The number of hydrogen-bond acceptors (Lipinski definition) is 4. The SMILES string of the molecule is CCC(C)(O)C(O)Cc1nc(-c2ccccc2)cs1. The van der Waals surface area contributed by atoms with E-state index in [0.29, 0.717) is 12.8 Å². The first-order chi connectivity index (χ1) is 9.03. The molecular formula is C15H19NO2S. The molecule has 0 bridgehead atoms. The maximum absolute atomic E-state index is 10.0. The normalized spacial score (nSPS) is 16.0. The summed E-state index contributed by atoms with van der Waals surface area (Å²) in [5.41, 5.74) is 0.934. The predicted octanol–water partition coefficient (Wildman–Crippen LogP) is 2.87. The van der Waals surface area contributed by atoms with E-state index in [4.69, 9.17) is 0 Å². The maximum Gasteiger partial charge on any atom is 0.0959 e. The smallest absolute Gasteiger partial charge is 0.0959 e. The van der Waals surface area contributed by atoms with E-state index in [2.05, 4.69) is 4.98 Å². The summed E-state index contributed by atoms with van der Waals surface area (Å²) in [7, 11) is 0. The van der Waals surface area contributed by atoms with E-state index in [1.807, 2.05) is 42.6 Å². The Balaban J connectivity index is 2.10. The first-order valence-corrected chi connectivity index (χ1v) is 7.31. The van der Waals surface area contributed by atoms with Gasteiger partial charge < -0.3 is 10.2 Å². The van der Waals surface area contributed by atoms with Gasteiger partial charge in [0.2, 0.25) is 0 Å². The highest BCUT2D eigenvalue weighted by Crippen LogP contribution is 2.24. The average molecular weight is 277 g/mol. The van der Waals surface area contributed by atoms with Crippen LogP contribution < -0.4 is 0 Å². The van der Waals surface area contributed by atoms with Crippen LogP contribution in [0.1, 0.15) is 25.3 Å². The lowest BCUT2D eigenvalue weighted by Gasteiger charge is -2.26. The van der Waals surface area contributed by atoms with Crippen LogP contribution >= 0.6 is 11.3 Å². The zero-order valence-electron chi connectivity index (χ0n) is 11.2. The molecule has 0 fully saturated rings. The van der Waals surface area contributed by atoms with Crippen LogP contribution in [0.3, 0.4) is 0 Å². The zero-order chi connectivity index (χ0) is 13.9. The quantitative estimate of drug-likeness (QED) is 0.883. The van der Waals surface area contributed by atoms with Crippen molar-refractivity contribution in [1.29, 1.82) is 0 Å². The van der Waals surface area contributed by atoms with Crippen molar-refractivity contribution >= 4 is 11.3 Å². The predicted molar refractivity (Wildman–Crippen MR) is 78.2 cm³/mol. The number of nitrogens with zero attached hydrogens (tertiary/aromatic N) is 1. The van der Waals surface area contributed by atoms with Gasteiger partial charge in [0, 0.05) is 17.4 Å². The van der Waals surface area contributed by atoms with Gasteiger partial charge in [0.1, 0.15) is 0 Å². The van der Waals surface area contributed by atoms with Crippen LogP contribution in [-0.4, -0.2) is 26.9 Å². The van der Waals surface area contributed by atoms with Crippen molar-refractivity contribution in [2.45, 2.75) is 38.4 Å². The van der Waals surface area contributed by atoms with Crippen molar-refractivity contribution in [3.05, 3.63) is 40.7 Å². The van der Waals surface area contributed by atoms with Crippen molar-refractivity contribution < 1.29 is 10.2 Å². The van der Waals surface area contributed by atoms with Gasteiger partial charge in [0.25, 0.3) is 0 Å². The van der Waals surface area contributed by atoms with Gasteiger partial charge in [-0.25, -0.2) is 4.98 Å². The number of benzene rings is 1. The number of aliphatic hydroxyl groups is 2. The number of hydrogen-bond donors (Lipinski definition) is 2. The van der Waals surface area contributed by atoms with Gasteiger partial charge in [-0.2, -0.15) is 0 Å². The summed E-state index contributed by atoms with van der Waals surface area (Å²) in [6.45, 7) is 3.52. The highest BCUT2D eigenvalue weighted by atomic mass is 32.1. The summed E-state index contributed by atoms with van der Waals surface area (Å²) in [4.78, 5) is 4.52. The lowest BCUT2D eigenvalue weighted by atomic mass is 9.94.